The molecule has 5 aromatic carbocycles. The Kier molecular flexibility index (Phi) is 15.1. The number of amides is 6. The van der Waals surface area contributed by atoms with Crippen LogP contribution in [0, 0.1) is 0 Å². The molecule has 3 heterocycles. The van der Waals surface area contributed by atoms with E-state index in [1.807, 2.05) is 84.9 Å². The van der Waals surface area contributed by atoms with Gasteiger partial charge in [-0.25, -0.2) is 4.79 Å². The first-order valence-corrected chi connectivity index (χ1v) is 22.7. The van der Waals surface area contributed by atoms with Crippen LogP contribution in [-0.4, -0.2) is 95.4 Å². The van der Waals surface area contributed by atoms with Gasteiger partial charge in [0.25, 0.3) is 0 Å². The van der Waals surface area contributed by atoms with E-state index in [0.29, 0.717) is 29.0 Å². The van der Waals surface area contributed by atoms with Gasteiger partial charge in [0.15, 0.2) is 0 Å². The maximum absolute atomic E-state index is 15.0. The summed E-state index contributed by atoms with van der Waals surface area (Å²) in [5.41, 5.74) is 9.92. The number of carbonyl (C=O) groups is 6. The Morgan fingerprint density at radius 2 is 1.22 bits per heavy atom. The van der Waals surface area contributed by atoms with E-state index in [1.54, 1.807) is 60.8 Å². The number of nitrogens with two attached hydrogens (primary N) is 1. The summed E-state index contributed by atoms with van der Waals surface area (Å²) in [4.78, 5) is 91.4. The maximum atomic E-state index is 15.0. The number of carbonyl (C=O) groups excluding carboxylic acids is 6. The minimum absolute atomic E-state index is 0.00952. The molecule has 0 spiro atoms. The topological polar surface area (TPSA) is 226 Å². The predicted molar refractivity (Wildman–Crippen MR) is 254 cm³/mol. The third-order valence-corrected chi connectivity index (χ3v) is 12.1. The van der Waals surface area contributed by atoms with Crippen molar-refractivity contribution in [3.63, 3.8) is 0 Å². The number of hydrogen-bond acceptors (Lipinski definition) is 9. The quantitative estimate of drug-likeness (QED) is 0.0895. The van der Waals surface area contributed by atoms with E-state index in [1.165, 1.54) is 4.90 Å². The number of para-hydroxylation sites is 1. The smallest absolute Gasteiger partial charge is 0.407 e. The fraction of sp³-hybridized carbons (Fsp3) is 0.269. The van der Waals surface area contributed by atoms with Crippen LogP contribution in [0.3, 0.4) is 0 Å². The van der Waals surface area contributed by atoms with Crippen LogP contribution in [0.4, 0.5) is 4.79 Å². The molecule has 1 aromatic heterocycles. The lowest BCUT2D eigenvalue weighted by molar-refractivity contribution is -0.142. The Balaban J connectivity index is 1.17. The standard InChI is InChI=1S/C52H54N8O8/c53-24-25-54-52(66)68-39-29-45-49(63)59-46(36-16-8-3-9-17-36)50(64)57-43(28-37-30-55-41-19-11-10-18-40(37)41)48(62)56-42(26-34-20-22-38(23-21-34)67-32-35-14-6-2-7-15-35)47(61)58-44(51(65)60(45)31-39)27-33-12-4-1-5-13-33/h1-23,30,39,42-46,55H,24-29,31-32,53H2,(H,54,66)(H,56,62)(H,57,64)(H,58,61)(H,59,63)/t39-,42+,43-,44+,45+,46+/m1/s1. The molecule has 8 N–H and O–H groups in total. The van der Waals surface area contributed by atoms with Gasteiger partial charge in [-0.05, 0) is 46.0 Å². The number of aromatic amines is 1. The van der Waals surface area contributed by atoms with Gasteiger partial charge in [0.1, 0.15) is 48.7 Å². The molecule has 2 aliphatic rings. The van der Waals surface area contributed by atoms with Crippen molar-refractivity contribution in [3.05, 3.63) is 174 Å². The number of rotatable bonds is 13. The molecule has 2 aliphatic heterocycles. The highest BCUT2D eigenvalue weighted by Crippen LogP contribution is 2.26. The molecule has 6 amide bonds. The Bertz CT molecular complexity index is 2700. The fourth-order valence-corrected chi connectivity index (χ4v) is 8.61. The van der Waals surface area contributed by atoms with Crippen LogP contribution in [0.2, 0.25) is 0 Å². The number of nitrogens with one attached hydrogen (secondary N) is 6. The van der Waals surface area contributed by atoms with Gasteiger partial charge in [-0.15, -0.1) is 0 Å². The summed E-state index contributed by atoms with van der Waals surface area (Å²) in [6.07, 6.45) is -0.0372. The average Bonchev–Trinajstić information content (AvgIpc) is 3.98. The first-order valence-electron chi connectivity index (χ1n) is 22.7. The number of nitrogens with zero attached hydrogens (tertiary/aromatic N) is 1. The lowest BCUT2D eigenvalue weighted by atomic mass is 10.00. The molecule has 2 fully saturated rings. The number of fused-ring (bicyclic) bond motifs is 2. The number of H-pyrrole nitrogens is 1. The zero-order valence-electron chi connectivity index (χ0n) is 37.3. The van der Waals surface area contributed by atoms with Crippen LogP contribution < -0.4 is 37.1 Å². The summed E-state index contributed by atoms with van der Waals surface area (Å²) in [7, 11) is 0. The molecule has 6 atom stereocenters. The molecule has 0 bridgehead atoms. The molecular weight excluding hydrogens is 865 g/mol. The molecule has 6 aromatic rings. The Labute approximate surface area is 393 Å². The molecule has 0 unspecified atom stereocenters. The molecule has 0 radical (unpaired) electrons. The minimum Gasteiger partial charge on any atom is -0.489 e. The number of hydrogen-bond donors (Lipinski definition) is 7. The van der Waals surface area contributed by atoms with Gasteiger partial charge in [0.05, 0.1) is 6.54 Å². The van der Waals surface area contributed by atoms with Crippen molar-refractivity contribution in [2.45, 2.75) is 68.6 Å². The molecule has 350 valence electrons. The molecule has 16 heteroatoms. The number of alkyl carbamates (subject to hydrolysis) is 1. The summed E-state index contributed by atoms with van der Waals surface area (Å²) >= 11 is 0. The van der Waals surface area contributed by atoms with E-state index in [2.05, 4.69) is 31.6 Å². The van der Waals surface area contributed by atoms with Crippen LogP contribution in [0.5, 0.6) is 5.75 Å². The average molecular weight is 919 g/mol. The SMILES string of the molecule is NCCNC(=O)O[C@@H]1C[C@H]2C(=O)N[C@@H](c3ccccc3)C(=O)N[C@H](Cc3c[nH]c4ccccc34)C(=O)N[C@@H](Cc3ccc(OCc4ccccc4)cc3)C(=O)N[C@@H](Cc3ccccc3)C(=O)N2C1. The lowest BCUT2D eigenvalue weighted by Crippen LogP contribution is -2.58. The molecule has 2 saturated heterocycles. The van der Waals surface area contributed by atoms with E-state index >= 15 is 4.79 Å². The Morgan fingerprint density at radius 1 is 0.632 bits per heavy atom. The van der Waals surface area contributed by atoms with Crippen LogP contribution >= 0.6 is 0 Å². The second-order valence-electron chi connectivity index (χ2n) is 16.9. The van der Waals surface area contributed by atoms with Crippen molar-refractivity contribution < 1.29 is 38.2 Å². The highest BCUT2D eigenvalue weighted by atomic mass is 16.6. The van der Waals surface area contributed by atoms with Crippen molar-refractivity contribution >= 4 is 46.5 Å². The molecule has 0 saturated carbocycles. The van der Waals surface area contributed by atoms with E-state index in [9.17, 15) is 24.0 Å². The van der Waals surface area contributed by atoms with Gasteiger partial charge in [0, 0.05) is 55.9 Å². The van der Waals surface area contributed by atoms with Crippen molar-refractivity contribution in [3.8, 4) is 5.75 Å². The van der Waals surface area contributed by atoms with Gasteiger partial charge in [-0.1, -0.05) is 121 Å². The van der Waals surface area contributed by atoms with Crippen LogP contribution in [0.15, 0.2) is 146 Å². The molecule has 0 aliphatic carbocycles. The molecular formula is C52H54N8O8. The van der Waals surface area contributed by atoms with E-state index in [0.717, 1.165) is 22.0 Å². The first-order chi connectivity index (χ1) is 33.1. The van der Waals surface area contributed by atoms with Crippen molar-refractivity contribution in [1.82, 2.24) is 36.5 Å². The summed E-state index contributed by atoms with van der Waals surface area (Å²) < 4.78 is 11.7. The van der Waals surface area contributed by atoms with Crippen LogP contribution in [0.1, 0.15) is 40.3 Å². The summed E-state index contributed by atoms with van der Waals surface area (Å²) in [6, 6.07) is 35.7. The Morgan fingerprint density at radius 3 is 1.93 bits per heavy atom. The summed E-state index contributed by atoms with van der Waals surface area (Å²) in [6.45, 7) is 0.460. The molecule has 16 nitrogen and oxygen atoms in total. The van der Waals surface area contributed by atoms with E-state index in [4.69, 9.17) is 15.2 Å². The number of aromatic nitrogens is 1. The highest BCUT2D eigenvalue weighted by molar-refractivity contribution is 5.99. The van der Waals surface area contributed by atoms with Gasteiger partial charge in [-0.3, -0.25) is 24.0 Å². The zero-order chi connectivity index (χ0) is 47.4. The third-order valence-electron chi connectivity index (χ3n) is 12.1. The van der Waals surface area contributed by atoms with Crippen molar-refractivity contribution in [2.24, 2.45) is 5.73 Å². The zero-order valence-corrected chi connectivity index (χ0v) is 37.3. The normalized spacial score (nSPS) is 21.3. The van der Waals surface area contributed by atoms with Crippen LogP contribution in [-0.2, 0) is 54.6 Å². The molecule has 68 heavy (non-hydrogen) atoms. The number of benzene rings is 5. The van der Waals surface area contributed by atoms with Gasteiger partial charge >= 0.3 is 6.09 Å². The highest BCUT2D eigenvalue weighted by Gasteiger charge is 2.45. The summed E-state index contributed by atoms with van der Waals surface area (Å²) in [5, 5.41) is 15.0. The van der Waals surface area contributed by atoms with E-state index < -0.39 is 71.9 Å². The van der Waals surface area contributed by atoms with Crippen LogP contribution in [0.25, 0.3) is 10.9 Å². The van der Waals surface area contributed by atoms with Gasteiger partial charge in [0.2, 0.25) is 29.5 Å². The molecule has 8 rings (SSSR count). The largest absolute Gasteiger partial charge is 0.489 e. The Hall–Kier alpha value is -7.98. The fourth-order valence-electron chi connectivity index (χ4n) is 8.61. The predicted octanol–water partition coefficient (Wildman–Crippen LogP) is 3.75. The van der Waals surface area contributed by atoms with Gasteiger partial charge < -0.3 is 51.7 Å². The monoisotopic (exact) mass is 918 g/mol. The van der Waals surface area contributed by atoms with E-state index in [-0.39, 0.29) is 45.3 Å². The van der Waals surface area contributed by atoms with Gasteiger partial charge in [-0.2, -0.15) is 0 Å². The lowest BCUT2D eigenvalue weighted by Gasteiger charge is -2.30. The first kappa shape index (κ1) is 46.5. The third kappa shape index (κ3) is 11.7. The minimum atomic E-state index is -1.34. The second-order valence-corrected chi connectivity index (χ2v) is 16.9. The van der Waals surface area contributed by atoms with Crippen molar-refractivity contribution in [2.75, 3.05) is 19.6 Å². The maximum Gasteiger partial charge on any atom is 0.407 e. The number of ether oxygens (including phenoxy) is 2. The summed E-state index contributed by atoms with van der Waals surface area (Å²) in [5.74, 6) is -2.80. The second kappa shape index (κ2) is 22.0. The van der Waals surface area contributed by atoms with Crippen molar-refractivity contribution in [1.29, 1.82) is 0 Å².